The molecule has 7 nitrogen and oxygen atoms in total. The first-order chi connectivity index (χ1) is 19.1. The quantitative estimate of drug-likeness (QED) is 0.473. The predicted molar refractivity (Wildman–Crippen MR) is 151 cm³/mol. The molecule has 0 unspecified atom stereocenters. The van der Waals surface area contributed by atoms with Crippen molar-refractivity contribution in [1.29, 1.82) is 0 Å². The Morgan fingerprint density at radius 1 is 0.974 bits per heavy atom. The molecular formula is C32H43N3O4. The molecule has 1 saturated carbocycles. The van der Waals surface area contributed by atoms with E-state index in [0.29, 0.717) is 56.5 Å². The average Bonchev–Trinajstić information content (AvgIpc) is 3.50. The Kier molecular flexibility index (Phi) is 9.38. The number of hydrogen-bond acceptors (Lipinski definition) is 5. The molecule has 39 heavy (non-hydrogen) atoms. The zero-order valence-corrected chi connectivity index (χ0v) is 23.2. The molecule has 4 aliphatic rings. The topological polar surface area (TPSA) is 72.0 Å². The van der Waals surface area contributed by atoms with E-state index in [0.717, 1.165) is 50.8 Å². The molecule has 2 bridgehead atoms. The molecule has 1 aromatic carbocycles. The first kappa shape index (κ1) is 27.5. The number of aromatic nitrogens is 1. The van der Waals surface area contributed by atoms with Gasteiger partial charge in [-0.3, -0.25) is 14.6 Å². The number of piperidine rings is 1. The number of carbonyl (C=O) groups excluding carboxylic acids is 2. The third kappa shape index (κ3) is 7.31. The van der Waals surface area contributed by atoms with E-state index < -0.39 is 0 Å². The van der Waals surface area contributed by atoms with Crippen molar-refractivity contribution in [3.8, 4) is 11.5 Å². The van der Waals surface area contributed by atoms with Crippen LogP contribution in [0.1, 0.15) is 81.0 Å². The first-order valence-corrected chi connectivity index (χ1v) is 14.9. The van der Waals surface area contributed by atoms with Crippen LogP contribution >= 0.6 is 0 Å². The van der Waals surface area contributed by atoms with Crippen LogP contribution in [-0.4, -0.2) is 66.0 Å². The molecular weight excluding hydrogens is 490 g/mol. The molecule has 0 atom stereocenters. The molecule has 2 aromatic rings. The number of nitrogens with zero attached hydrogens (tertiary/aromatic N) is 3. The van der Waals surface area contributed by atoms with E-state index in [2.05, 4.69) is 4.98 Å². The van der Waals surface area contributed by atoms with Gasteiger partial charge in [0.2, 0.25) is 5.91 Å². The van der Waals surface area contributed by atoms with Gasteiger partial charge >= 0.3 is 0 Å². The Morgan fingerprint density at radius 3 is 2.59 bits per heavy atom. The fourth-order valence-corrected chi connectivity index (χ4v) is 6.47. The largest absolute Gasteiger partial charge is 0.491 e. The molecule has 7 heteroatoms. The van der Waals surface area contributed by atoms with Gasteiger partial charge in [0, 0.05) is 37.7 Å². The van der Waals surface area contributed by atoms with E-state index in [-0.39, 0.29) is 17.2 Å². The molecule has 1 aliphatic carbocycles. The van der Waals surface area contributed by atoms with E-state index in [1.54, 1.807) is 12.4 Å². The van der Waals surface area contributed by atoms with Crippen molar-refractivity contribution in [2.24, 2.45) is 11.3 Å². The Hall–Kier alpha value is -3.09. The van der Waals surface area contributed by atoms with Gasteiger partial charge < -0.3 is 19.3 Å². The number of carbonyl (C=O) groups is 2. The van der Waals surface area contributed by atoms with Crippen LogP contribution in [0.15, 0.2) is 48.8 Å². The summed E-state index contributed by atoms with van der Waals surface area (Å²) in [5.74, 6) is 2.35. The van der Waals surface area contributed by atoms with Gasteiger partial charge in [-0.2, -0.15) is 0 Å². The highest BCUT2D eigenvalue weighted by atomic mass is 16.5. The Balaban J connectivity index is 1.30. The van der Waals surface area contributed by atoms with Crippen LogP contribution in [0.5, 0.6) is 11.5 Å². The third-order valence-corrected chi connectivity index (χ3v) is 9.01. The van der Waals surface area contributed by atoms with Crippen molar-refractivity contribution in [2.75, 3.05) is 39.4 Å². The molecule has 3 aliphatic heterocycles. The van der Waals surface area contributed by atoms with Crippen LogP contribution < -0.4 is 9.47 Å². The van der Waals surface area contributed by atoms with Gasteiger partial charge in [0.1, 0.15) is 18.1 Å². The van der Waals surface area contributed by atoms with E-state index in [4.69, 9.17) is 9.47 Å². The van der Waals surface area contributed by atoms with Gasteiger partial charge in [-0.05, 0) is 62.3 Å². The molecule has 1 saturated heterocycles. The van der Waals surface area contributed by atoms with Crippen molar-refractivity contribution in [3.05, 3.63) is 54.4 Å². The summed E-state index contributed by atoms with van der Waals surface area (Å²) in [5.41, 5.74) is 0.603. The van der Waals surface area contributed by atoms with Gasteiger partial charge in [-0.1, -0.05) is 44.2 Å². The van der Waals surface area contributed by atoms with E-state index in [9.17, 15) is 9.59 Å². The smallest absolute Gasteiger partial charge is 0.257 e. The lowest BCUT2D eigenvalue weighted by Crippen LogP contribution is -2.45. The summed E-state index contributed by atoms with van der Waals surface area (Å²) in [4.78, 5) is 35.0. The van der Waals surface area contributed by atoms with Crippen molar-refractivity contribution in [3.63, 3.8) is 0 Å². The number of para-hydroxylation sites is 1. The van der Waals surface area contributed by atoms with Gasteiger partial charge in [0.15, 0.2) is 0 Å². The summed E-state index contributed by atoms with van der Waals surface area (Å²) in [7, 11) is 0. The summed E-state index contributed by atoms with van der Waals surface area (Å²) >= 11 is 0. The summed E-state index contributed by atoms with van der Waals surface area (Å²) in [6.45, 7) is 3.71. The zero-order chi connectivity index (χ0) is 26.9. The second kappa shape index (κ2) is 13.3. The van der Waals surface area contributed by atoms with Gasteiger partial charge in [0.25, 0.3) is 5.91 Å². The standard InChI is InChI=1S/C32H43N3O4/c36-30(14-13-26-8-1-2-9-26)34-19-6-5-15-32(25-39-27-10-7-18-33-24-27)16-20-35(21-17-32)31(37)28-11-3-4-12-29(28)38-23-22-34/h3-4,7,10-12,18,24,26H,1-2,5-6,8-9,13-17,19-23,25H2. The number of amides is 2. The highest BCUT2D eigenvalue weighted by molar-refractivity contribution is 5.97. The van der Waals surface area contributed by atoms with Crippen LogP contribution in [0, 0.1) is 11.3 Å². The van der Waals surface area contributed by atoms with Crippen LogP contribution in [0.25, 0.3) is 0 Å². The van der Waals surface area contributed by atoms with Crippen LogP contribution in [-0.2, 0) is 4.79 Å². The van der Waals surface area contributed by atoms with Crippen molar-refractivity contribution in [1.82, 2.24) is 14.8 Å². The monoisotopic (exact) mass is 533 g/mol. The van der Waals surface area contributed by atoms with E-state index in [1.807, 2.05) is 46.2 Å². The lowest BCUT2D eigenvalue weighted by Gasteiger charge is -2.42. The average molecular weight is 534 g/mol. The minimum Gasteiger partial charge on any atom is -0.491 e. The number of benzene rings is 1. The van der Waals surface area contributed by atoms with Crippen molar-refractivity contribution < 1.29 is 19.1 Å². The molecule has 0 N–H and O–H groups in total. The van der Waals surface area contributed by atoms with Gasteiger partial charge in [0.05, 0.1) is 24.9 Å². The highest BCUT2D eigenvalue weighted by Crippen LogP contribution is 2.38. The first-order valence-electron chi connectivity index (χ1n) is 14.9. The lowest BCUT2D eigenvalue weighted by atomic mass is 9.75. The van der Waals surface area contributed by atoms with Crippen molar-refractivity contribution in [2.45, 2.75) is 70.6 Å². The second-order valence-corrected chi connectivity index (χ2v) is 11.6. The molecule has 210 valence electrons. The minimum absolute atomic E-state index is 0.000130. The number of pyridine rings is 1. The minimum atomic E-state index is 0.000130. The fraction of sp³-hybridized carbons (Fsp3) is 0.594. The fourth-order valence-electron chi connectivity index (χ4n) is 6.47. The molecule has 2 fully saturated rings. The maximum atomic E-state index is 13.5. The molecule has 6 rings (SSSR count). The SMILES string of the molecule is O=C(CCC1CCCC1)N1CCCCC2(COc3cccnc3)CCN(CC2)C(=O)c2ccccc2OCC1. The van der Waals surface area contributed by atoms with E-state index in [1.165, 1.54) is 25.7 Å². The lowest BCUT2D eigenvalue weighted by molar-refractivity contribution is -0.132. The summed E-state index contributed by atoms with van der Waals surface area (Å²) < 4.78 is 12.4. The third-order valence-electron chi connectivity index (χ3n) is 9.01. The maximum Gasteiger partial charge on any atom is 0.257 e. The molecule has 0 radical (unpaired) electrons. The molecule has 2 amide bonds. The molecule has 4 heterocycles. The predicted octanol–water partition coefficient (Wildman–Crippen LogP) is 5.74. The highest BCUT2D eigenvalue weighted by Gasteiger charge is 2.37. The van der Waals surface area contributed by atoms with Gasteiger partial charge in [-0.15, -0.1) is 0 Å². The molecule has 0 spiro atoms. The Labute approximate surface area is 232 Å². The van der Waals surface area contributed by atoms with Crippen molar-refractivity contribution >= 4 is 11.8 Å². The number of ether oxygens (including phenoxy) is 2. The second-order valence-electron chi connectivity index (χ2n) is 11.6. The summed E-state index contributed by atoms with van der Waals surface area (Å²) in [5, 5.41) is 0. The number of rotatable bonds is 6. The normalized spacial score (nSPS) is 20.6. The number of hydrogen-bond donors (Lipinski definition) is 0. The van der Waals surface area contributed by atoms with Crippen LogP contribution in [0.4, 0.5) is 0 Å². The molecule has 1 aromatic heterocycles. The van der Waals surface area contributed by atoms with E-state index >= 15 is 0 Å². The number of fused-ring (bicyclic) bond motifs is 9. The summed E-state index contributed by atoms with van der Waals surface area (Å²) in [6.07, 6.45) is 15.1. The Bertz CT molecular complexity index is 1080. The Morgan fingerprint density at radius 2 is 1.79 bits per heavy atom. The summed E-state index contributed by atoms with van der Waals surface area (Å²) in [6, 6.07) is 11.4. The van der Waals surface area contributed by atoms with Crippen LogP contribution in [0.2, 0.25) is 0 Å². The van der Waals surface area contributed by atoms with Gasteiger partial charge in [-0.25, -0.2) is 0 Å². The maximum absolute atomic E-state index is 13.5. The van der Waals surface area contributed by atoms with Crippen LogP contribution in [0.3, 0.4) is 0 Å². The zero-order valence-electron chi connectivity index (χ0n) is 23.2.